The minimum Gasteiger partial charge on any atom is -0.493 e. The van der Waals surface area contributed by atoms with E-state index in [2.05, 4.69) is 17.7 Å². The lowest BCUT2D eigenvalue weighted by atomic mass is 10.1. The molecule has 2 rings (SSSR count). The maximum Gasteiger partial charge on any atom is 0.244 e. The molecule has 0 bridgehead atoms. The normalized spacial score (nSPS) is 11.2. The minimum atomic E-state index is -0.597. The molecular weight excluding hydrogens is 318 g/mol. The number of amides is 1. The second-order valence-corrected chi connectivity index (χ2v) is 4.95. The number of methoxy groups -OCH3 is 3. The summed E-state index contributed by atoms with van der Waals surface area (Å²) >= 11 is 4.18. The number of hydrogen-bond acceptors (Lipinski definition) is 6. The first-order valence-corrected chi connectivity index (χ1v) is 7.00. The molecule has 0 atom stereocenters. The smallest absolute Gasteiger partial charge is 0.244 e. The van der Waals surface area contributed by atoms with Crippen molar-refractivity contribution in [2.75, 3.05) is 21.3 Å². The molecule has 0 aliphatic carbocycles. The zero-order chi connectivity index (χ0) is 17.0. The van der Waals surface area contributed by atoms with Crippen molar-refractivity contribution in [3.63, 3.8) is 0 Å². The molecular formula is C15H17N3O4S. The molecule has 0 spiro atoms. The van der Waals surface area contributed by atoms with E-state index >= 15 is 0 Å². The Kier molecular flexibility index (Phi) is 5.17. The van der Waals surface area contributed by atoms with Crippen molar-refractivity contribution in [3.8, 4) is 28.4 Å². The van der Waals surface area contributed by atoms with E-state index in [1.165, 1.54) is 10.8 Å². The van der Waals surface area contributed by atoms with Gasteiger partial charge in [0.05, 0.1) is 32.6 Å². The third kappa shape index (κ3) is 3.59. The average molecular weight is 335 g/mol. The summed E-state index contributed by atoms with van der Waals surface area (Å²) in [6.07, 6.45) is 4.52. The second-order valence-electron chi connectivity index (χ2n) is 4.49. The van der Waals surface area contributed by atoms with E-state index in [9.17, 15) is 4.79 Å². The van der Waals surface area contributed by atoms with Crippen LogP contribution in [0.5, 0.6) is 17.2 Å². The summed E-state index contributed by atoms with van der Waals surface area (Å²) in [5.41, 5.74) is 6.70. The Morgan fingerprint density at radius 1 is 1.17 bits per heavy atom. The van der Waals surface area contributed by atoms with Crippen LogP contribution in [-0.4, -0.2) is 37.0 Å². The number of aromatic nitrogens is 2. The quantitative estimate of drug-likeness (QED) is 0.621. The van der Waals surface area contributed by atoms with E-state index in [0.717, 1.165) is 11.1 Å². The summed E-state index contributed by atoms with van der Waals surface area (Å²) in [4.78, 5) is 10.9. The number of nitrogens with two attached hydrogens (primary N) is 1. The first-order valence-electron chi connectivity index (χ1n) is 6.55. The van der Waals surface area contributed by atoms with Crippen molar-refractivity contribution in [1.82, 2.24) is 9.78 Å². The summed E-state index contributed by atoms with van der Waals surface area (Å²) in [6.45, 7) is 0. The van der Waals surface area contributed by atoms with E-state index in [1.54, 1.807) is 45.9 Å². The van der Waals surface area contributed by atoms with Crippen molar-refractivity contribution in [2.45, 2.75) is 0 Å². The highest BCUT2D eigenvalue weighted by molar-refractivity contribution is 7.90. The van der Waals surface area contributed by atoms with Crippen LogP contribution in [0, 0.1) is 0 Å². The molecule has 0 saturated heterocycles. The lowest BCUT2D eigenvalue weighted by molar-refractivity contribution is -0.113. The molecule has 2 N–H and O–H groups in total. The molecule has 1 amide bonds. The van der Waals surface area contributed by atoms with Crippen molar-refractivity contribution >= 4 is 23.6 Å². The molecule has 2 aromatic rings. The van der Waals surface area contributed by atoms with Gasteiger partial charge >= 0.3 is 0 Å². The molecule has 0 radical (unpaired) electrons. The summed E-state index contributed by atoms with van der Waals surface area (Å²) < 4.78 is 17.4. The lowest BCUT2D eigenvalue weighted by Gasteiger charge is -2.13. The fourth-order valence-corrected chi connectivity index (χ4v) is 2.27. The lowest BCUT2D eigenvalue weighted by Crippen LogP contribution is -2.07. The van der Waals surface area contributed by atoms with Crippen molar-refractivity contribution in [3.05, 3.63) is 30.6 Å². The van der Waals surface area contributed by atoms with Gasteiger partial charge in [0, 0.05) is 17.8 Å². The zero-order valence-electron chi connectivity index (χ0n) is 12.9. The Hall–Kier alpha value is -2.61. The Morgan fingerprint density at radius 3 is 2.26 bits per heavy atom. The molecule has 122 valence electrons. The van der Waals surface area contributed by atoms with Crippen LogP contribution in [0.1, 0.15) is 0 Å². The van der Waals surface area contributed by atoms with Gasteiger partial charge < -0.3 is 19.9 Å². The van der Waals surface area contributed by atoms with Gasteiger partial charge in [0.15, 0.2) is 11.5 Å². The first-order chi connectivity index (χ1) is 11.0. The molecule has 1 aromatic heterocycles. The van der Waals surface area contributed by atoms with Crippen LogP contribution < -0.4 is 19.9 Å². The van der Waals surface area contributed by atoms with Gasteiger partial charge in [-0.3, -0.25) is 4.79 Å². The van der Waals surface area contributed by atoms with E-state index in [-0.39, 0.29) is 0 Å². The number of hydrogen-bond donors (Lipinski definition) is 2. The zero-order valence-corrected chi connectivity index (χ0v) is 13.8. The summed E-state index contributed by atoms with van der Waals surface area (Å²) in [7, 11) is 4.64. The van der Waals surface area contributed by atoms with Crippen molar-refractivity contribution < 1.29 is 19.0 Å². The first kappa shape index (κ1) is 16.8. The van der Waals surface area contributed by atoms with Crippen LogP contribution in [0.25, 0.3) is 16.2 Å². The molecule has 0 unspecified atom stereocenters. The Labute approximate surface area is 139 Å². The fourth-order valence-electron chi connectivity index (χ4n) is 2.04. The van der Waals surface area contributed by atoms with Gasteiger partial charge in [0.1, 0.15) is 0 Å². The number of thiol groups is 1. The van der Waals surface area contributed by atoms with Gasteiger partial charge in [-0.2, -0.15) is 5.10 Å². The predicted molar refractivity (Wildman–Crippen MR) is 89.8 cm³/mol. The number of benzene rings is 1. The van der Waals surface area contributed by atoms with E-state index in [0.29, 0.717) is 22.3 Å². The number of carbonyl (C=O) groups excluding carboxylic acids is 1. The fraction of sp³-hybridized carbons (Fsp3) is 0.200. The van der Waals surface area contributed by atoms with Gasteiger partial charge in [-0.05, 0) is 17.7 Å². The van der Waals surface area contributed by atoms with Crippen LogP contribution in [0.3, 0.4) is 0 Å². The molecule has 1 aromatic carbocycles. The molecule has 8 heteroatoms. The highest BCUT2D eigenvalue weighted by Gasteiger charge is 2.15. The largest absolute Gasteiger partial charge is 0.493 e. The molecule has 23 heavy (non-hydrogen) atoms. The molecule has 0 fully saturated rings. The number of carbonyl (C=O) groups is 1. The summed E-state index contributed by atoms with van der Waals surface area (Å²) in [6, 6.07) is 3.61. The highest BCUT2D eigenvalue weighted by Crippen LogP contribution is 2.41. The van der Waals surface area contributed by atoms with E-state index in [1.807, 2.05) is 0 Å². The van der Waals surface area contributed by atoms with Gasteiger partial charge in [0.25, 0.3) is 0 Å². The van der Waals surface area contributed by atoms with Gasteiger partial charge in [-0.15, -0.1) is 12.6 Å². The summed E-state index contributed by atoms with van der Waals surface area (Å²) in [5.74, 6) is 0.983. The van der Waals surface area contributed by atoms with E-state index in [4.69, 9.17) is 19.9 Å². The van der Waals surface area contributed by atoms with Crippen molar-refractivity contribution in [1.29, 1.82) is 0 Å². The number of nitrogens with zero attached hydrogens (tertiary/aromatic N) is 2. The summed E-state index contributed by atoms with van der Waals surface area (Å²) in [5, 5.41) is 4.47. The van der Waals surface area contributed by atoms with Crippen LogP contribution in [0.2, 0.25) is 0 Å². The molecule has 0 aliphatic heterocycles. The van der Waals surface area contributed by atoms with Gasteiger partial charge in [-0.25, -0.2) is 4.68 Å². The van der Waals surface area contributed by atoms with Gasteiger partial charge in [0.2, 0.25) is 11.7 Å². The SMILES string of the molecule is COc1cc(-c2cnn(/C(S)=C/C(N)=O)c2)cc(OC)c1OC. The van der Waals surface area contributed by atoms with Crippen LogP contribution in [0.15, 0.2) is 30.6 Å². The monoisotopic (exact) mass is 335 g/mol. The maximum atomic E-state index is 10.9. The Balaban J connectivity index is 2.47. The molecule has 0 saturated carbocycles. The Morgan fingerprint density at radius 2 is 1.78 bits per heavy atom. The maximum absolute atomic E-state index is 10.9. The number of rotatable bonds is 6. The van der Waals surface area contributed by atoms with Crippen LogP contribution in [-0.2, 0) is 4.79 Å². The van der Waals surface area contributed by atoms with Crippen LogP contribution >= 0.6 is 12.6 Å². The van der Waals surface area contributed by atoms with Crippen LogP contribution in [0.4, 0.5) is 0 Å². The highest BCUT2D eigenvalue weighted by atomic mass is 32.1. The Bertz CT molecular complexity index is 730. The minimum absolute atomic E-state index is 0.316. The third-order valence-corrected chi connectivity index (χ3v) is 3.42. The number of ether oxygens (including phenoxy) is 3. The third-order valence-electron chi connectivity index (χ3n) is 3.09. The van der Waals surface area contributed by atoms with Crippen molar-refractivity contribution in [2.24, 2.45) is 5.73 Å². The topological polar surface area (TPSA) is 88.6 Å². The number of primary amides is 1. The second kappa shape index (κ2) is 7.10. The van der Waals surface area contributed by atoms with E-state index < -0.39 is 5.91 Å². The van der Waals surface area contributed by atoms with Gasteiger partial charge in [-0.1, -0.05) is 0 Å². The standard InChI is InChI=1S/C15H17N3O4S/c1-20-11-4-9(5-12(21-2)15(11)22-3)10-7-17-18(8-10)14(23)6-13(16)19/h4-8,23H,1-3H3,(H2,16,19)/b14-6-. The average Bonchev–Trinajstić information content (AvgIpc) is 3.02. The molecule has 1 heterocycles. The predicted octanol–water partition coefficient (Wildman–Crippen LogP) is 1.79. The molecule has 0 aliphatic rings. The molecule has 7 nitrogen and oxygen atoms in total.